The van der Waals surface area contributed by atoms with Crippen LogP contribution >= 0.6 is 0 Å². The molecule has 0 aliphatic heterocycles. The van der Waals surface area contributed by atoms with E-state index in [1.54, 1.807) is 0 Å². The zero-order valence-electron chi connectivity index (χ0n) is 7.63. The normalized spacial score (nSPS) is 10.0. The topological polar surface area (TPSA) is 80.0 Å². The van der Waals surface area contributed by atoms with Crippen molar-refractivity contribution in [1.82, 2.24) is 20.8 Å². The fraction of sp³-hybridized carbons (Fsp3) is 0.571. The van der Waals surface area contributed by atoms with Crippen molar-refractivity contribution in [1.29, 1.82) is 0 Å². The molecule has 0 saturated heterocycles. The van der Waals surface area contributed by atoms with E-state index in [1.165, 1.54) is 7.05 Å². The van der Waals surface area contributed by atoms with Crippen LogP contribution in [-0.4, -0.2) is 29.6 Å². The number of carbonyl (C=O) groups is 1. The van der Waals surface area contributed by atoms with Crippen LogP contribution in [0.15, 0.2) is 4.52 Å². The summed E-state index contributed by atoms with van der Waals surface area (Å²) in [7, 11) is 1.52. The van der Waals surface area contributed by atoms with E-state index in [2.05, 4.69) is 20.8 Å². The Kier molecular flexibility index (Phi) is 3.39. The molecule has 6 heteroatoms. The second-order valence-corrected chi connectivity index (χ2v) is 2.37. The number of hydrogen-bond donors (Lipinski definition) is 2. The van der Waals surface area contributed by atoms with Crippen LogP contribution in [0.2, 0.25) is 0 Å². The quantitative estimate of drug-likeness (QED) is 0.661. The summed E-state index contributed by atoms with van der Waals surface area (Å²) < 4.78 is 4.81. The van der Waals surface area contributed by atoms with Crippen LogP contribution in [0.1, 0.15) is 23.4 Å². The first kappa shape index (κ1) is 9.66. The Morgan fingerprint density at radius 2 is 2.38 bits per heavy atom. The van der Waals surface area contributed by atoms with Crippen LogP contribution in [0, 0.1) is 0 Å². The van der Waals surface area contributed by atoms with Crippen LogP contribution in [0.25, 0.3) is 0 Å². The van der Waals surface area contributed by atoms with Crippen molar-refractivity contribution in [3.8, 4) is 0 Å². The summed E-state index contributed by atoms with van der Waals surface area (Å²) in [5.41, 5.74) is 0. The number of aromatic nitrogens is 2. The molecule has 1 heterocycles. The maximum absolute atomic E-state index is 11.0. The van der Waals surface area contributed by atoms with Crippen molar-refractivity contribution in [2.45, 2.75) is 13.5 Å². The van der Waals surface area contributed by atoms with E-state index in [-0.39, 0.29) is 11.7 Å². The van der Waals surface area contributed by atoms with Gasteiger partial charge in [0.25, 0.3) is 11.7 Å². The second kappa shape index (κ2) is 4.56. The molecule has 0 spiro atoms. The standard InChI is InChI=1S/C7H12N4O2/c1-3-9-4-5-10-6(11-13-5)7(12)8-2/h9H,3-4H2,1-2H3,(H,8,12). The number of hydrogen-bond acceptors (Lipinski definition) is 5. The molecule has 0 fully saturated rings. The van der Waals surface area contributed by atoms with Gasteiger partial charge in [-0.3, -0.25) is 4.79 Å². The predicted octanol–water partition coefficient (Wildman–Crippen LogP) is -0.461. The van der Waals surface area contributed by atoms with Crippen LogP contribution < -0.4 is 10.6 Å². The number of amides is 1. The number of nitrogens with one attached hydrogen (secondary N) is 2. The third-order valence-electron chi connectivity index (χ3n) is 1.42. The van der Waals surface area contributed by atoms with E-state index < -0.39 is 0 Å². The molecule has 1 amide bonds. The van der Waals surface area contributed by atoms with E-state index in [9.17, 15) is 4.79 Å². The lowest BCUT2D eigenvalue weighted by Crippen LogP contribution is -2.19. The Bertz CT molecular complexity index is 284. The summed E-state index contributed by atoms with van der Waals surface area (Å²) in [6, 6.07) is 0. The maximum Gasteiger partial charge on any atom is 0.292 e. The molecule has 2 N–H and O–H groups in total. The van der Waals surface area contributed by atoms with E-state index in [0.717, 1.165) is 6.54 Å². The van der Waals surface area contributed by atoms with Crippen molar-refractivity contribution in [3.63, 3.8) is 0 Å². The first-order valence-corrected chi connectivity index (χ1v) is 4.03. The molecule has 0 atom stereocenters. The summed E-state index contributed by atoms with van der Waals surface area (Å²) in [6.07, 6.45) is 0. The fourth-order valence-corrected chi connectivity index (χ4v) is 0.763. The third kappa shape index (κ3) is 2.51. The first-order chi connectivity index (χ1) is 6.27. The number of rotatable bonds is 4. The van der Waals surface area contributed by atoms with E-state index in [4.69, 9.17) is 4.52 Å². The number of carbonyl (C=O) groups excluding carboxylic acids is 1. The Balaban J connectivity index is 2.58. The van der Waals surface area contributed by atoms with Gasteiger partial charge in [0.1, 0.15) is 0 Å². The lowest BCUT2D eigenvalue weighted by molar-refractivity contribution is 0.0950. The molecule has 0 saturated carbocycles. The summed E-state index contributed by atoms with van der Waals surface area (Å²) in [5, 5.41) is 8.91. The molecular formula is C7H12N4O2. The summed E-state index contributed by atoms with van der Waals surface area (Å²) in [5.74, 6) is 0.141. The monoisotopic (exact) mass is 184 g/mol. The minimum absolute atomic E-state index is 0.0652. The Morgan fingerprint density at radius 3 is 3.00 bits per heavy atom. The zero-order valence-corrected chi connectivity index (χ0v) is 7.63. The summed E-state index contributed by atoms with van der Waals surface area (Å²) in [6.45, 7) is 3.27. The average molecular weight is 184 g/mol. The molecule has 13 heavy (non-hydrogen) atoms. The highest BCUT2D eigenvalue weighted by molar-refractivity contribution is 5.89. The molecule has 0 unspecified atom stereocenters. The van der Waals surface area contributed by atoms with Crippen molar-refractivity contribution >= 4 is 5.91 Å². The molecule has 1 rings (SSSR count). The van der Waals surface area contributed by atoms with Gasteiger partial charge in [0.15, 0.2) is 0 Å². The van der Waals surface area contributed by atoms with Gasteiger partial charge < -0.3 is 15.2 Å². The van der Waals surface area contributed by atoms with Gasteiger partial charge in [-0.05, 0) is 6.54 Å². The smallest absolute Gasteiger partial charge is 0.292 e. The predicted molar refractivity (Wildman–Crippen MR) is 45.1 cm³/mol. The highest BCUT2D eigenvalue weighted by atomic mass is 16.5. The van der Waals surface area contributed by atoms with E-state index >= 15 is 0 Å². The molecule has 1 aromatic rings. The first-order valence-electron chi connectivity index (χ1n) is 4.03. The lowest BCUT2D eigenvalue weighted by atomic mass is 10.5. The Hall–Kier alpha value is -1.43. The largest absolute Gasteiger partial charge is 0.352 e. The van der Waals surface area contributed by atoms with Crippen molar-refractivity contribution < 1.29 is 9.32 Å². The molecule has 0 aliphatic rings. The average Bonchev–Trinajstić information content (AvgIpc) is 2.62. The third-order valence-corrected chi connectivity index (χ3v) is 1.42. The minimum atomic E-state index is -0.341. The maximum atomic E-state index is 11.0. The van der Waals surface area contributed by atoms with Gasteiger partial charge in [-0.15, -0.1) is 0 Å². The minimum Gasteiger partial charge on any atom is -0.352 e. The molecule has 0 bridgehead atoms. The van der Waals surface area contributed by atoms with Gasteiger partial charge in [0.05, 0.1) is 6.54 Å². The van der Waals surface area contributed by atoms with Crippen LogP contribution in [0.5, 0.6) is 0 Å². The highest BCUT2D eigenvalue weighted by Gasteiger charge is 2.11. The molecule has 0 aliphatic carbocycles. The summed E-state index contributed by atoms with van der Waals surface area (Å²) >= 11 is 0. The van der Waals surface area contributed by atoms with Gasteiger partial charge in [-0.25, -0.2) is 0 Å². The molecule has 72 valence electrons. The molecule has 6 nitrogen and oxygen atoms in total. The van der Waals surface area contributed by atoms with Crippen LogP contribution in [0.3, 0.4) is 0 Å². The highest BCUT2D eigenvalue weighted by Crippen LogP contribution is 1.95. The molecular weight excluding hydrogens is 172 g/mol. The molecule has 1 aromatic heterocycles. The SMILES string of the molecule is CCNCc1nc(C(=O)NC)no1. The van der Waals surface area contributed by atoms with Gasteiger partial charge in [-0.2, -0.15) is 4.98 Å². The van der Waals surface area contributed by atoms with Crippen molar-refractivity contribution in [2.24, 2.45) is 0 Å². The Labute approximate surface area is 75.7 Å². The van der Waals surface area contributed by atoms with E-state index in [0.29, 0.717) is 12.4 Å². The fourth-order valence-electron chi connectivity index (χ4n) is 0.763. The van der Waals surface area contributed by atoms with Gasteiger partial charge in [-0.1, -0.05) is 12.1 Å². The van der Waals surface area contributed by atoms with E-state index in [1.807, 2.05) is 6.92 Å². The lowest BCUT2D eigenvalue weighted by Gasteiger charge is -1.92. The second-order valence-electron chi connectivity index (χ2n) is 2.37. The molecule has 0 radical (unpaired) electrons. The molecule has 0 aromatic carbocycles. The van der Waals surface area contributed by atoms with Crippen molar-refractivity contribution in [2.75, 3.05) is 13.6 Å². The number of nitrogens with zero attached hydrogens (tertiary/aromatic N) is 2. The van der Waals surface area contributed by atoms with Crippen LogP contribution in [0.4, 0.5) is 0 Å². The van der Waals surface area contributed by atoms with Gasteiger partial charge >= 0.3 is 0 Å². The van der Waals surface area contributed by atoms with Crippen LogP contribution in [-0.2, 0) is 6.54 Å². The van der Waals surface area contributed by atoms with Gasteiger partial charge in [0.2, 0.25) is 5.89 Å². The van der Waals surface area contributed by atoms with Gasteiger partial charge in [0, 0.05) is 7.05 Å². The summed E-state index contributed by atoms with van der Waals surface area (Å²) in [4.78, 5) is 14.9. The Morgan fingerprint density at radius 1 is 1.62 bits per heavy atom. The van der Waals surface area contributed by atoms with Crippen molar-refractivity contribution in [3.05, 3.63) is 11.7 Å². The zero-order chi connectivity index (χ0) is 9.68.